The van der Waals surface area contributed by atoms with E-state index in [4.69, 9.17) is 5.73 Å². The van der Waals surface area contributed by atoms with Crippen LogP contribution in [0.1, 0.15) is 31.7 Å². The van der Waals surface area contributed by atoms with Crippen molar-refractivity contribution in [2.24, 2.45) is 5.73 Å². The lowest BCUT2D eigenvalue weighted by Gasteiger charge is -2.02. The van der Waals surface area contributed by atoms with Crippen LogP contribution in [0.15, 0.2) is 0 Å². The predicted octanol–water partition coefficient (Wildman–Crippen LogP) is 0.947. The number of nitrogens with one attached hydrogen (secondary N) is 1. The quantitative estimate of drug-likeness (QED) is 0.785. The number of hydrogen-bond acceptors (Lipinski definition) is 5. The molecule has 78 valence electrons. The van der Waals surface area contributed by atoms with Gasteiger partial charge in [0, 0.05) is 5.92 Å². The first kappa shape index (κ1) is 11.1. The Kier molecular flexibility index (Phi) is 3.54. The van der Waals surface area contributed by atoms with Gasteiger partial charge in [-0.15, -0.1) is 10.2 Å². The van der Waals surface area contributed by atoms with Crippen LogP contribution >= 0.6 is 11.3 Å². The molecule has 1 aromatic heterocycles. The van der Waals surface area contributed by atoms with Crippen LogP contribution in [0.4, 0.5) is 5.13 Å². The third kappa shape index (κ3) is 2.74. The van der Waals surface area contributed by atoms with Gasteiger partial charge in [0.05, 0.1) is 6.04 Å². The van der Waals surface area contributed by atoms with Crippen molar-refractivity contribution in [3.05, 3.63) is 5.01 Å². The summed E-state index contributed by atoms with van der Waals surface area (Å²) >= 11 is 1.38. The van der Waals surface area contributed by atoms with E-state index >= 15 is 0 Å². The second-order valence-corrected chi connectivity index (χ2v) is 4.39. The number of nitrogens with zero attached hydrogens (tertiary/aromatic N) is 2. The summed E-state index contributed by atoms with van der Waals surface area (Å²) in [5, 5.41) is 11.8. The second-order valence-electron chi connectivity index (χ2n) is 3.38. The molecule has 14 heavy (non-hydrogen) atoms. The van der Waals surface area contributed by atoms with Gasteiger partial charge in [-0.05, 0) is 6.92 Å². The summed E-state index contributed by atoms with van der Waals surface area (Å²) in [6, 6.07) is -0.526. The molecule has 0 bridgehead atoms. The number of hydrogen-bond donors (Lipinski definition) is 2. The highest BCUT2D eigenvalue weighted by Crippen LogP contribution is 2.22. The van der Waals surface area contributed by atoms with Gasteiger partial charge in [-0.1, -0.05) is 25.2 Å². The molecule has 1 aromatic rings. The van der Waals surface area contributed by atoms with E-state index in [1.165, 1.54) is 11.3 Å². The van der Waals surface area contributed by atoms with Crippen molar-refractivity contribution in [2.45, 2.75) is 32.7 Å². The van der Waals surface area contributed by atoms with Crippen molar-refractivity contribution in [1.82, 2.24) is 10.2 Å². The summed E-state index contributed by atoms with van der Waals surface area (Å²) < 4.78 is 0. The Labute approximate surface area is 86.7 Å². The van der Waals surface area contributed by atoms with Gasteiger partial charge in [-0.3, -0.25) is 10.1 Å². The standard InChI is InChI=1S/C8H14N4OS/c1-4(2)7-11-12-8(14-7)10-6(13)5(3)9/h4-5H,9H2,1-3H3,(H,10,12,13). The maximum absolute atomic E-state index is 11.2. The molecule has 6 heteroatoms. The van der Waals surface area contributed by atoms with Crippen LogP contribution in [0.2, 0.25) is 0 Å². The zero-order chi connectivity index (χ0) is 10.7. The minimum absolute atomic E-state index is 0.239. The fraction of sp³-hybridized carbons (Fsp3) is 0.625. The van der Waals surface area contributed by atoms with Crippen LogP contribution in [-0.4, -0.2) is 22.1 Å². The third-order valence-corrected chi connectivity index (χ3v) is 2.72. The van der Waals surface area contributed by atoms with Gasteiger partial charge >= 0.3 is 0 Å². The first-order valence-corrected chi connectivity index (χ1v) is 5.22. The second kappa shape index (κ2) is 4.47. The average molecular weight is 214 g/mol. The average Bonchev–Trinajstić information content (AvgIpc) is 2.52. The highest BCUT2D eigenvalue weighted by Gasteiger charge is 2.12. The largest absolute Gasteiger partial charge is 0.320 e. The van der Waals surface area contributed by atoms with E-state index < -0.39 is 6.04 Å². The molecular weight excluding hydrogens is 200 g/mol. The van der Waals surface area contributed by atoms with Gasteiger partial charge in [0.2, 0.25) is 11.0 Å². The van der Waals surface area contributed by atoms with Crippen molar-refractivity contribution >= 4 is 22.4 Å². The molecule has 0 aliphatic rings. The van der Waals surface area contributed by atoms with Gasteiger partial charge < -0.3 is 5.73 Å². The van der Waals surface area contributed by atoms with Gasteiger partial charge in [0.15, 0.2) is 0 Å². The first-order chi connectivity index (χ1) is 6.50. The molecule has 0 spiro atoms. The Morgan fingerprint density at radius 2 is 2.07 bits per heavy atom. The highest BCUT2D eigenvalue weighted by atomic mass is 32.1. The lowest BCUT2D eigenvalue weighted by Crippen LogP contribution is -2.32. The van der Waals surface area contributed by atoms with Gasteiger partial charge in [-0.2, -0.15) is 0 Å². The molecule has 1 heterocycles. The number of aromatic nitrogens is 2. The number of nitrogens with two attached hydrogens (primary N) is 1. The molecule has 1 rings (SSSR count). The minimum atomic E-state index is -0.526. The van der Waals surface area contributed by atoms with Crippen LogP contribution in [-0.2, 0) is 4.79 Å². The maximum Gasteiger partial charge on any atom is 0.242 e. The molecule has 5 nitrogen and oxygen atoms in total. The maximum atomic E-state index is 11.2. The topological polar surface area (TPSA) is 80.9 Å². The number of anilines is 1. The zero-order valence-corrected chi connectivity index (χ0v) is 9.26. The summed E-state index contributed by atoms with van der Waals surface area (Å²) in [4.78, 5) is 11.2. The Morgan fingerprint density at radius 3 is 2.50 bits per heavy atom. The number of rotatable bonds is 3. The van der Waals surface area contributed by atoms with E-state index in [2.05, 4.69) is 15.5 Å². The van der Waals surface area contributed by atoms with Crippen LogP contribution in [0.3, 0.4) is 0 Å². The first-order valence-electron chi connectivity index (χ1n) is 4.40. The molecule has 0 radical (unpaired) electrons. The van der Waals surface area contributed by atoms with Crippen LogP contribution < -0.4 is 11.1 Å². The van der Waals surface area contributed by atoms with Crippen molar-refractivity contribution in [3.63, 3.8) is 0 Å². The molecule has 0 saturated heterocycles. The summed E-state index contributed by atoms with van der Waals surface area (Å²) in [6.45, 7) is 5.68. The van der Waals surface area contributed by atoms with Crippen molar-refractivity contribution in [1.29, 1.82) is 0 Å². The summed E-state index contributed by atoms with van der Waals surface area (Å²) in [5.41, 5.74) is 5.39. The van der Waals surface area contributed by atoms with E-state index in [1.54, 1.807) is 6.92 Å². The van der Waals surface area contributed by atoms with E-state index in [0.717, 1.165) is 5.01 Å². The molecule has 1 amide bonds. The smallest absolute Gasteiger partial charge is 0.242 e. The molecule has 0 aliphatic heterocycles. The van der Waals surface area contributed by atoms with E-state index in [1.807, 2.05) is 13.8 Å². The normalized spacial score (nSPS) is 12.9. The molecule has 1 unspecified atom stereocenters. The van der Waals surface area contributed by atoms with Crippen molar-refractivity contribution < 1.29 is 4.79 Å². The predicted molar refractivity (Wildman–Crippen MR) is 56.3 cm³/mol. The number of carbonyl (C=O) groups excluding carboxylic acids is 1. The number of amides is 1. The third-order valence-electron chi connectivity index (χ3n) is 1.58. The number of carbonyl (C=O) groups is 1. The Hall–Kier alpha value is -1.01. The lowest BCUT2D eigenvalue weighted by molar-refractivity contribution is -0.117. The molecule has 0 aromatic carbocycles. The Morgan fingerprint density at radius 1 is 1.43 bits per heavy atom. The minimum Gasteiger partial charge on any atom is -0.320 e. The highest BCUT2D eigenvalue weighted by molar-refractivity contribution is 7.15. The van der Waals surface area contributed by atoms with Crippen molar-refractivity contribution in [3.8, 4) is 0 Å². The Balaban J connectivity index is 2.64. The molecule has 1 atom stereocenters. The van der Waals surface area contributed by atoms with Crippen LogP contribution in [0.25, 0.3) is 0 Å². The summed E-state index contributed by atoms with van der Waals surface area (Å²) in [6.07, 6.45) is 0. The molecule has 0 aliphatic carbocycles. The monoisotopic (exact) mass is 214 g/mol. The molecular formula is C8H14N4OS. The summed E-state index contributed by atoms with van der Waals surface area (Å²) in [5.74, 6) is 0.0879. The van der Waals surface area contributed by atoms with Gasteiger partial charge in [0.25, 0.3) is 0 Å². The van der Waals surface area contributed by atoms with Crippen molar-refractivity contribution in [2.75, 3.05) is 5.32 Å². The molecule has 0 fully saturated rings. The van der Waals surface area contributed by atoms with E-state index in [-0.39, 0.29) is 5.91 Å². The SMILES string of the molecule is CC(N)C(=O)Nc1nnc(C(C)C)s1. The lowest BCUT2D eigenvalue weighted by atomic mass is 10.2. The van der Waals surface area contributed by atoms with Crippen LogP contribution in [0.5, 0.6) is 0 Å². The van der Waals surface area contributed by atoms with E-state index in [9.17, 15) is 4.79 Å². The Bertz CT molecular complexity index is 321. The van der Waals surface area contributed by atoms with E-state index in [0.29, 0.717) is 11.0 Å². The van der Waals surface area contributed by atoms with Crippen LogP contribution in [0, 0.1) is 0 Å². The summed E-state index contributed by atoms with van der Waals surface area (Å²) in [7, 11) is 0. The zero-order valence-electron chi connectivity index (χ0n) is 8.44. The fourth-order valence-electron chi connectivity index (χ4n) is 0.738. The van der Waals surface area contributed by atoms with Gasteiger partial charge in [0.1, 0.15) is 5.01 Å². The fourth-order valence-corrected chi connectivity index (χ4v) is 1.49. The molecule has 3 N–H and O–H groups in total. The van der Waals surface area contributed by atoms with Gasteiger partial charge in [-0.25, -0.2) is 0 Å². The molecule has 0 saturated carbocycles.